The van der Waals surface area contributed by atoms with E-state index in [-0.39, 0.29) is 0 Å². The lowest BCUT2D eigenvalue weighted by Gasteiger charge is -2.34. The SMILES string of the molecule is Cc1ccc(N(CC(C)C)C2CCCC2)c(C(=O)O)c1. The van der Waals surface area contributed by atoms with Crippen molar-refractivity contribution in [2.75, 3.05) is 11.4 Å². The lowest BCUT2D eigenvalue weighted by atomic mass is 10.0. The number of anilines is 1. The summed E-state index contributed by atoms with van der Waals surface area (Å²) in [6.45, 7) is 7.25. The fraction of sp³-hybridized carbons (Fsp3) is 0.588. The van der Waals surface area contributed by atoms with Gasteiger partial charge >= 0.3 is 5.97 Å². The first-order valence-electron chi connectivity index (χ1n) is 7.59. The molecule has 110 valence electrons. The van der Waals surface area contributed by atoms with E-state index in [9.17, 15) is 9.90 Å². The molecule has 20 heavy (non-hydrogen) atoms. The fourth-order valence-corrected chi connectivity index (χ4v) is 3.13. The van der Waals surface area contributed by atoms with Gasteiger partial charge in [-0.05, 0) is 37.8 Å². The second-order valence-electron chi connectivity index (χ2n) is 6.31. The molecule has 0 unspecified atom stereocenters. The number of aromatic carboxylic acids is 1. The minimum atomic E-state index is -0.824. The summed E-state index contributed by atoms with van der Waals surface area (Å²) in [5.74, 6) is -0.297. The van der Waals surface area contributed by atoms with Crippen molar-refractivity contribution in [3.63, 3.8) is 0 Å². The van der Waals surface area contributed by atoms with Crippen LogP contribution in [0.25, 0.3) is 0 Å². The number of aryl methyl sites for hydroxylation is 1. The highest BCUT2D eigenvalue weighted by atomic mass is 16.4. The van der Waals surface area contributed by atoms with Crippen LogP contribution in [0.4, 0.5) is 5.69 Å². The van der Waals surface area contributed by atoms with Crippen molar-refractivity contribution in [2.45, 2.75) is 52.5 Å². The fourth-order valence-electron chi connectivity index (χ4n) is 3.13. The number of hydrogen-bond acceptors (Lipinski definition) is 2. The Kier molecular flexibility index (Phi) is 4.69. The van der Waals surface area contributed by atoms with Crippen LogP contribution in [0.5, 0.6) is 0 Å². The third-order valence-corrected chi connectivity index (χ3v) is 4.02. The first-order chi connectivity index (χ1) is 9.49. The summed E-state index contributed by atoms with van der Waals surface area (Å²) in [5.41, 5.74) is 2.34. The monoisotopic (exact) mass is 275 g/mol. The molecule has 0 amide bonds. The number of carboxylic acid groups (broad SMARTS) is 1. The van der Waals surface area contributed by atoms with Gasteiger partial charge in [0.1, 0.15) is 0 Å². The van der Waals surface area contributed by atoms with E-state index in [1.54, 1.807) is 6.07 Å². The lowest BCUT2D eigenvalue weighted by molar-refractivity contribution is 0.0697. The lowest BCUT2D eigenvalue weighted by Crippen LogP contribution is -2.37. The highest BCUT2D eigenvalue weighted by Gasteiger charge is 2.26. The molecule has 3 nitrogen and oxygen atoms in total. The van der Waals surface area contributed by atoms with Crippen molar-refractivity contribution >= 4 is 11.7 Å². The van der Waals surface area contributed by atoms with Crippen molar-refractivity contribution in [1.82, 2.24) is 0 Å². The Hall–Kier alpha value is -1.51. The molecule has 0 atom stereocenters. The van der Waals surface area contributed by atoms with Gasteiger partial charge in [0.15, 0.2) is 0 Å². The van der Waals surface area contributed by atoms with Gasteiger partial charge in [-0.2, -0.15) is 0 Å². The van der Waals surface area contributed by atoms with Gasteiger partial charge in [-0.3, -0.25) is 0 Å². The second-order valence-corrected chi connectivity index (χ2v) is 6.31. The summed E-state index contributed by atoms with van der Waals surface area (Å²) in [7, 11) is 0. The molecule has 1 saturated carbocycles. The van der Waals surface area contributed by atoms with Crippen LogP contribution in [-0.4, -0.2) is 23.7 Å². The maximum atomic E-state index is 11.6. The van der Waals surface area contributed by atoms with E-state index in [0.29, 0.717) is 17.5 Å². The molecule has 1 aromatic carbocycles. The molecule has 0 aliphatic heterocycles. The van der Waals surface area contributed by atoms with Gasteiger partial charge in [0.25, 0.3) is 0 Å². The number of carbonyl (C=O) groups is 1. The average Bonchev–Trinajstić information content (AvgIpc) is 2.89. The summed E-state index contributed by atoms with van der Waals surface area (Å²) in [6, 6.07) is 6.29. The maximum Gasteiger partial charge on any atom is 0.337 e. The highest BCUT2D eigenvalue weighted by Crippen LogP contribution is 2.31. The zero-order chi connectivity index (χ0) is 14.7. The van der Waals surface area contributed by atoms with Gasteiger partial charge in [0, 0.05) is 12.6 Å². The summed E-state index contributed by atoms with van der Waals surface area (Å²) >= 11 is 0. The Balaban J connectivity index is 2.39. The van der Waals surface area contributed by atoms with Crippen LogP contribution in [0, 0.1) is 12.8 Å². The van der Waals surface area contributed by atoms with E-state index in [1.807, 2.05) is 19.1 Å². The molecule has 1 aliphatic carbocycles. The highest BCUT2D eigenvalue weighted by molar-refractivity contribution is 5.94. The van der Waals surface area contributed by atoms with Crippen LogP contribution in [0.15, 0.2) is 18.2 Å². The van der Waals surface area contributed by atoms with Crippen LogP contribution in [0.1, 0.15) is 55.5 Å². The van der Waals surface area contributed by atoms with Gasteiger partial charge in [0.2, 0.25) is 0 Å². The molecule has 0 saturated heterocycles. The van der Waals surface area contributed by atoms with E-state index in [1.165, 1.54) is 25.7 Å². The number of hydrogen-bond donors (Lipinski definition) is 1. The molecule has 0 aromatic heterocycles. The minimum absolute atomic E-state index is 0.442. The van der Waals surface area contributed by atoms with Crippen LogP contribution in [0.2, 0.25) is 0 Å². The van der Waals surface area contributed by atoms with E-state index in [0.717, 1.165) is 17.8 Å². The zero-order valence-electron chi connectivity index (χ0n) is 12.7. The Morgan fingerprint density at radius 1 is 1.35 bits per heavy atom. The van der Waals surface area contributed by atoms with Crippen molar-refractivity contribution in [1.29, 1.82) is 0 Å². The molecule has 2 rings (SSSR count). The summed E-state index contributed by atoms with van der Waals surface area (Å²) in [4.78, 5) is 13.9. The Morgan fingerprint density at radius 2 is 2.00 bits per heavy atom. The standard InChI is InChI=1S/C17H25NO2/c1-12(2)11-18(14-6-4-5-7-14)16-9-8-13(3)10-15(16)17(19)20/h8-10,12,14H,4-7,11H2,1-3H3,(H,19,20). The van der Waals surface area contributed by atoms with Crippen molar-refractivity contribution in [3.05, 3.63) is 29.3 Å². The zero-order valence-corrected chi connectivity index (χ0v) is 12.7. The van der Waals surface area contributed by atoms with Gasteiger partial charge in [-0.1, -0.05) is 38.3 Å². The molecule has 0 radical (unpaired) electrons. The number of carboxylic acids is 1. The summed E-state index contributed by atoms with van der Waals surface area (Å²) < 4.78 is 0. The molecule has 3 heteroatoms. The largest absolute Gasteiger partial charge is 0.478 e. The smallest absolute Gasteiger partial charge is 0.337 e. The molecule has 1 aromatic rings. The number of rotatable bonds is 5. The van der Waals surface area contributed by atoms with Gasteiger partial charge < -0.3 is 10.0 Å². The van der Waals surface area contributed by atoms with Crippen molar-refractivity contribution in [3.8, 4) is 0 Å². The van der Waals surface area contributed by atoms with E-state index in [4.69, 9.17) is 0 Å². The molecule has 0 spiro atoms. The van der Waals surface area contributed by atoms with Gasteiger partial charge in [-0.25, -0.2) is 4.79 Å². The summed E-state index contributed by atoms with van der Waals surface area (Å²) in [6.07, 6.45) is 4.88. The molecular weight excluding hydrogens is 250 g/mol. The van der Waals surface area contributed by atoms with Crippen molar-refractivity contribution in [2.24, 2.45) is 5.92 Å². The Bertz CT molecular complexity index is 476. The van der Waals surface area contributed by atoms with Gasteiger partial charge in [0.05, 0.1) is 11.3 Å². The molecule has 0 heterocycles. The normalized spacial score (nSPS) is 15.8. The molecular formula is C17H25NO2. The molecule has 1 fully saturated rings. The third-order valence-electron chi connectivity index (χ3n) is 4.02. The van der Waals surface area contributed by atoms with Crippen LogP contribution in [0.3, 0.4) is 0 Å². The Morgan fingerprint density at radius 3 is 2.55 bits per heavy atom. The number of nitrogens with zero attached hydrogens (tertiary/aromatic N) is 1. The van der Waals surface area contributed by atoms with E-state index < -0.39 is 5.97 Å². The molecule has 1 N–H and O–H groups in total. The predicted molar refractivity (Wildman–Crippen MR) is 82.6 cm³/mol. The van der Waals surface area contributed by atoms with E-state index >= 15 is 0 Å². The van der Waals surface area contributed by atoms with Crippen LogP contribution < -0.4 is 4.90 Å². The molecule has 1 aliphatic rings. The van der Waals surface area contributed by atoms with Crippen LogP contribution in [-0.2, 0) is 0 Å². The Labute approximate surface area is 121 Å². The van der Waals surface area contributed by atoms with Gasteiger partial charge in [-0.15, -0.1) is 0 Å². The quantitative estimate of drug-likeness (QED) is 0.879. The van der Waals surface area contributed by atoms with Crippen LogP contribution >= 0.6 is 0 Å². The van der Waals surface area contributed by atoms with E-state index in [2.05, 4.69) is 18.7 Å². The first kappa shape index (κ1) is 14.9. The third kappa shape index (κ3) is 3.33. The maximum absolute atomic E-state index is 11.6. The first-order valence-corrected chi connectivity index (χ1v) is 7.59. The second kappa shape index (κ2) is 6.29. The number of benzene rings is 1. The van der Waals surface area contributed by atoms with Crippen molar-refractivity contribution < 1.29 is 9.90 Å². The predicted octanol–water partition coefficient (Wildman–Crippen LogP) is 4.10. The average molecular weight is 275 g/mol. The minimum Gasteiger partial charge on any atom is -0.478 e. The molecule has 0 bridgehead atoms. The topological polar surface area (TPSA) is 40.5 Å². The summed E-state index contributed by atoms with van der Waals surface area (Å²) in [5, 5.41) is 9.49.